The molecule has 72 valence electrons. The van der Waals surface area contributed by atoms with Crippen LogP contribution in [0.5, 0.6) is 0 Å². The second-order valence-corrected chi connectivity index (χ2v) is 3.95. The Hall–Kier alpha value is -1.38. The fraction of sp³-hybridized carbons (Fsp3) is 0.364. The fourth-order valence-corrected chi connectivity index (χ4v) is 2.35. The Morgan fingerprint density at radius 3 is 2.79 bits per heavy atom. The lowest BCUT2D eigenvalue weighted by Crippen LogP contribution is -2.20. The summed E-state index contributed by atoms with van der Waals surface area (Å²) in [6, 6.07) is 6.47. The lowest BCUT2D eigenvalue weighted by Gasteiger charge is -2.09. The summed E-state index contributed by atoms with van der Waals surface area (Å²) in [6.45, 7) is 0.452. The third kappa shape index (κ3) is 0.775. The summed E-state index contributed by atoms with van der Waals surface area (Å²) in [7, 11) is 0. The molecular formula is C11H9FO2. The Morgan fingerprint density at radius 2 is 2.21 bits per heavy atom. The molecule has 0 amide bonds. The largest absolute Gasteiger partial charge is 0.465 e. The van der Waals surface area contributed by atoms with E-state index in [1.807, 2.05) is 0 Å². The van der Waals surface area contributed by atoms with Crippen LogP contribution in [-0.2, 0) is 14.9 Å². The third-order valence-corrected chi connectivity index (χ3v) is 3.24. The average molecular weight is 192 g/mol. The van der Waals surface area contributed by atoms with Crippen molar-refractivity contribution >= 4 is 5.97 Å². The molecule has 1 aromatic carbocycles. The first kappa shape index (κ1) is 7.97. The van der Waals surface area contributed by atoms with Gasteiger partial charge in [-0.2, -0.15) is 0 Å². The van der Waals surface area contributed by atoms with E-state index >= 15 is 0 Å². The van der Waals surface area contributed by atoms with Crippen LogP contribution in [0.15, 0.2) is 24.3 Å². The van der Waals surface area contributed by atoms with E-state index in [-0.39, 0.29) is 17.7 Å². The van der Waals surface area contributed by atoms with Crippen molar-refractivity contribution in [2.45, 2.75) is 11.8 Å². The molecule has 14 heavy (non-hydrogen) atoms. The van der Waals surface area contributed by atoms with Crippen molar-refractivity contribution in [3.05, 3.63) is 35.6 Å². The highest BCUT2D eigenvalue weighted by atomic mass is 19.1. The van der Waals surface area contributed by atoms with Crippen molar-refractivity contribution in [3.63, 3.8) is 0 Å². The number of cyclic esters (lactones) is 1. The molecule has 0 aromatic heterocycles. The first-order chi connectivity index (χ1) is 6.75. The molecule has 0 unspecified atom stereocenters. The molecule has 2 aliphatic rings. The number of hydrogen-bond donors (Lipinski definition) is 0. The minimum atomic E-state index is -0.634. The molecule has 3 heteroatoms. The molecule has 0 spiro atoms. The molecule has 2 fully saturated rings. The van der Waals surface area contributed by atoms with Gasteiger partial charge in [0.25, 0.3) is 0 Å². The molecule has 1 heterocycles. The van der Waals surface area contributed by atoms with Crippen molar-refractivity contribution < 1.29 is 13.9 Å². The zero-order valence-electron chi connectivity index (χ0n) is 7.50. The Balaban J connectivity index is 2.12. The molecule has 2 nitrogen and oxygen atoms in total. The minimum absolute atomic E-state index is 0.201. The molecule has 1 saturated heterocycles. The molecule has 2 atom stereocenters. The van der Waals surface area contributed by atoms with E-state index < -0.39 is 5.41 Å². The van der Waals surface area contributed by atoms with Gasteiger partial charge in [0.05, 0.1) is 6.61 Å². The lowest BCUT2D eigenvalue weighted by molar-refractivity contribution is -0.142. The first-order valence-corrected chi connectivity index (χ1v) is 4.67. The third-order valence-electron chi connectivity index (χ3n) is 3.24. The van der Waals surface area contributed by atoms with Crippen molar-refractivity contribution in [1.82, 2.24) is 0 Å². The second-order valence-electron chi connectivity index (χ2n) is 3.95. The molecule has 3 rings (SSSR count). The maximum atomic E-state index is 13.5. The van der Waals surface area contributed by atoms with Crippen molar-refractivity contribution in [1.29, 1.82) is 0 Å². The van der Waals surface area contributed by atoms with Gasteiger partial charge in [-0.3, -0.25) is 4.79 Å². The van der Waals surface area contributed by atoms with Gasteiger partial charge in [0, 0.05) is 11.5 Å². The van der Waals surface area contributed by atoms with Gasteiger partial charge in [0.1, 0.15) is 11.2 Å². The standard InChI is InChI=1S/C11H9FO2/c12-9-4-2-1-3-8(9)11-5-7(11)6-14-10(11)13/h1-4,7H,5-6H2/t7-,11+/m1/s1. The Morgan fingerprint density at radius 1 is 1.43 bits per heavy atom. The molecule has 1 aliphatic carbocycles. The summed E-state index contributed by atoms with van der Waals surface area (Å²) in [6.07, 6.45) is 0.743. The van der Waals surface area contributed by atoms with Crippen LogP contribution >= 0.6 is 0 Å². The number of ether oxygens (including phenoxy) is 1. The minimum Gasteiger partial charge on any atom is -0.465 e. The van der Waals surface area contributed by atoms with Crippen LogP contribution < -0.4 is 0 Å². The van der Waals surface area contributed by atoms with Gasteiger partial charge in [0.2, 0.25) is 0 Å². The fourth-order valence-electron chi connectivity index (χ4n) is 2.35. The molecule has 1 aromatic rings. The quantitative estimate of drug-likeness (QED) is 0.632. The Bertz CT molecular complexity index is 416. The summed E-state index contributed by atoms with van der Waals surface area (Å²) in [5.41, 5.74) is -0.127. The van der Waals surface area contributed by atoms with Crippen LogP contribution in [0, 0.1) is 11.7 Å². The number of carbonyl (C=O) groups is 1. The van der Waals surface area contributed by atoms with Crippen LogP contribution in [0.1, 0.15) is 12.0 Å². The number of hydrogen-bond acceptors (Lipinski definition) is 2. The average Bonchev–Trinajstić information content (AvgIpc) is 2.83. The van der Waals surface area contributed by atoms with E-state index in [0.717, 1.165) is 6.42 Å². The van der Waals surface area contributed by atoms with Gasteiger partial charge in [-0.05, 0) is 12.5 Å². The predicted octanol–water partition coefficient (Wildman–Crippen LogP) is 1.64. The molecular weight excluding hydrogens is 183 g/mol. The summed E-state index contributed by atoms with van der Waals surface area (Å²) >= 11 is 0. The van der Waals surface area contributed by atoms with Crippen molar-refractivity contribution in [3.8, 4) is 0 Å². The second kappa shape index (κ2) is 2.35. The number of carbonyl (C=O) groups excluding carboxylic acids is 1. The number of fused-ring (bicyclic) bond motifs is 1. The van der Waals surface area contributed by atoms with Crippen LogP contribution in [0.3, 0.4) is 0 Å². The van der Waals surface area contributed by atoms with E-state index in [1.165, 1.54) is 6.07 Å². The molecule has 0 radical (unpaired) electrons. The molecule has 1 saturated carbocycles. The number of benzene rings is 1. The van der Waals surface area contributed by atoms with Crippen LogP contribution in [0.4, 0.5) is 4.39 Å². The molecule has 0 N–H and O–H groups in total. The van der Waals surface area contributed by atoms with Gasteiger partial charge < -0.3 is 4.74 Å². The van der Waals surface area contributed by atoms with Gasteiger partial charge in [-0.25, -0.2) is 4.39 Å². The van der Waals surface area contributed by atoms with Gasteiger partial charge >= 0.3 is 5.97 Å². The van der Waals surface area contributed by atoms with E-state index in [4.69, 9.17) is 4.74 Å². The monoisotopic (exact) mass is 192 g/mol. The topological polar surface area (TPSA) is 26.3 Å². The maximum absolute atomic E-state index is 13.5. The summed E-state index contributed by atoms with van der Waals surface area (Å²) in [5.74, 6) is -0.353. The number of halogens is 1. The highest BCUT2D eigenvalue weighted by molar-refractivity contribution is 5.89. The van der Waals surface area contributed by atoms with Crippen LogP contribution in [0.2, 0.25) is 0 Å². The molecule has 1 aliphatic heterocycles. The lowest BCUT2D eigenvalue weighted by atomic mass is 9.94. The van der Waals surface area contributed by atoms with E-state index in [2.05, 4.69) is 0 Å². The number of esters is 1. The highest BCUT2D eigenvalue weighted by Gasteiger charge is 2.67. The molecule has 0 bridgehead atoms. The van der Waals surface area contributed by atoms with Gasteiger partial charge in [-0.1, -0.05) is 18.2 Å². The van der Waals surface area contributed by atoms with E-state index in [1.54, 1.807) is 18.2 Å². The zero-order chi connectivity index (χ0) is 9.76. The predicted molar refractivity (Wildman–Crippen MR) is 47.1 cm³/mol. The van der Waals surface area contributed by atoms with Crippen LogP contribution in [0.25, 0.3) is 0 Å². The summed E-state index contributed by atoms with van der Waals surface area (Å²) < 4.78 is 18.4. The normalized spacial score (nSPS) is 33.8. The van der Waals surface area contributed by atoms with Crippen molar-refractivity contribution in [2.75, 3.05) is 6.61 Å². The first-order valence-electron chi connectivity index (χ1n) is 4.67. The Labute approximate surface area is 80.7 Å². The summed E-state index contributed by atoms with van der Waals surface area (Å²) in [4.78, 5) is 11.5. The van der Waals surface area contributed by atoms with Gasteiger partial charge in [-0.15, -0.1) is 0 Å². The van der Waals surface area contributed by atoms with E-state index in [0.29, 0.717) is 12.2 Å². The maximum Gasteiger partial charge on any atom is 0.317 e. The highest BCUT2D eigenvalue weighted by Crippen LogP contribution is 2.59. The van der Waals surface area contributed by atoms with Crippen molar-refractivity contribution in [2.24, 2.45) is 5.92 Å². The van der Waals surface area contributed by atoms with Crippen LogP contribution in [-0.4, -0.2) is 12.6 Å². The Kier molecular flexibility index (Phi) is 1.34. The number of rotatable bonds is 1. The summed E-state index contributed by atoms with van der Waals surface area (Å²) in [5, 5.41) is 0. The SMILES string of the molecule is O=C1OC[C@H]2C[C@]12c1ccccc1F. The smallest absolute Gasteiger partial charge is 0.317 e. The zero-order valence-corrected chi connectivity index (χ0v) is 7.50. The van der Waals surface area contributed by atoms with E-state index in [9.17, 15) is 9.18 Å². The van der Waals surface area contributed by atoms with Gasteiger partial charge in [0.15, 0.2) is 0 Å².